The quantitative estimate of drug-likeness (QED) is 0.439. The van der Waals surface area contributed by atoms with Gasteiger partial charge in [-0.15, -0.1) is 0 Å². The van der Waals surface area contributed by atoms with Crippen LogP contribution in [0.15, 0.2) is 41.5 Å². The molecular weight excluding hydrogens is 176 g/mol. The van der Waals surface area contributed by atoms with Crippen LogP contribution in [0.3, 0.4) is 0 Å². The first-order valence-corrected chi connectivity index (χ1v) is 4.34. The minimum Gasteiger partial charge on any atom is -0.330 e. The summed E-state index contributed by atoms with van der Waals surface area (Å²) in [5.74, 6) is 0. The molecule has 0 aliphatic rings. The van der Waals surface area contributed by atoms with Gasteiger partial charge in [0, 0.05) is 11.5 Å². The lowest BCUT2D eigenvalue weighted by Crippen LogP contribution is -2.14. The molecule has 4 nitrogen and oxygen atoms in total. The molecule has 0 aliphatic heterocycles. The highest BCUT2D eigenvalue weighted by Crippen LogP contribution is 2.03. The minimum absolute atomic E-state index is 0.264. The highest BCUT2D eigenvalue weighted by Gasteiger charge is 1.95. The molecule has 0 aliphatic carbocycles. The molecule has 1 rings (SSSR count). The number of nitrogens with zero attached hydrogens (tertiary/aromatic N) is 3. The van der Waals surface area contributed by atoms with E-state index in [-0.39, 0.29) is 6.04 Å². The van der Waals surface area contributed by atoms with Gasteiger partial charge < -0.3 is 5.73 Å². The van der Waals surface area contributed by atoms with Crippen LogP contribution in [0.5, 0.6) is 0 Å². The number of hydrogen-bond donors (Lipinski definition) is 1. The van der Waals surface area contributed by atoms with Crippen LogP contribution < -0.4 is 5.73 Å². The van der Waals surface area contributed by atoms with Gasteiger partial charge >= 0.3 is 0 Å². The van der Waals surface area contributed by atoms with Crippen molar-refractivity contribution in [2.45, 2.75) is 6.04 Å². The van der Waals surface area contributed by atoms with Crippen molar-refractivity contribution in [3.8, 4) is 0 Å². The van der Waals surface area contributed by atoms with Crippen LogP contribution >= 0.6 is 0 Å². The number of hydrogen-bond acceptors (Lipinski definition) is 2. The van der Waals surface area contributed by atoms with Crippen LogP contribution in [0.4, 0.5) is 0 Å². The summed E-state index contributed by atoms with van der Waals surface area (Å²) in [6.45, 7) is 0.327. The second kappa shape index (κ2) is 5.80. The van der Waals surface area contributed by atoms with Crippen LogP contribution in [0.2, 0.25) is 0 Å². The minimum atomic E-state index is -0.264. The van der Waals surface area contributed by atoms with Crippen LogP contribution in [0, 0.1) is 0 Å². The molecular formula is C10H12N4. The zero-order valence-electron chi connectivity index (χ0n) is 7.74. The molecule has 1 aromatic carbocycles. The third kappa shape index (κ3) is 3.31. The van der Waals surface area contributed by atoms with Gasteiger partial charge in [-0.25, -0.2) is 0 Å². The summed E-state index contributed by atoms with van der Waals surface area (Å²) in [6.07, 6.45) is 3.70. The summed E-state index contributed by atoms with van der Waals surface area (Å²) in [7, 11) is 0. The first kappa shape index (κ1) is 10.3. The maximum Gasteiger partial charge on any atom is 0.0680 e. The maximum absolute atomic E-state index is 8.23. The van der Waals surface area contributed by atoms with Crippen molar-refractivity contribution in [3.05, 3.63) is 52.4 Å². The Labute approximate surface area is 82.7 Å². The third-order valence-electron chi connectivity index (χ3n) is 1.75. The van der Waals surface area contributed by atoms with Crippen molar-refractivity contribution in [2.24, 2.45) is 10.8 Å². The van der Waals surface area contributed by atoms with E-state index < -0.39 is 0 Å². The van der Waals surface area contributed by atoms with Crippen molar-refractivity contribution in [1.29, 1.82) is 0 Å². The van der Waals surface area contributed by atoms with E-state index in [9.17, 15) is 0 Å². The van der Waals surface area contributed by atoms with Crippen LogP contribution in [0.25, 0.3) is 16.5 Å². The van der Waals surface area contributed by atoms with Crippen molar-refractivity contribution >= 4 is 6.08 Å². The molecule has 0 saturated heterocycles. The molecule has 0 fully saturated rings. The summed E-state index contributed by atoms with van der Waals surface area (Å²) >= 11 is 0. The van der Waals surface area contributed by atoms with Gasteiger partial charge in [-0.1, -0.05) is 47.6 Å². The molecule has 72 valence electrons. The van der Waals surface area contributed by atoms with Crippen LogP contribution in [-0.4, -0.2) is 12.6 Å². The van der Waals surface area contributed by atoms with E-state index in [4.69, 9.17) is 11.3 Å². The van der Waals surface area contributed by atoms with E-state index >= 15 is 0 Å². The fourth-order valence-corrected chi connectivity index (χ4v) is 1.02. The fraction of sp³-hybridized carbons (Fsp3) is 0.200. The fourth-order valence-electron chi connectivity index (χ4n) is 1.02. The molecule has 0 heterocycles. The lowest BCUT2D eigenvalue weighted by Gasteiger charge is -1.99. The third-order valence-corrected chi connectivity index (χ3v) is 1.75. The normalized spacial score (nSPS) is 12.4. The first-order chi connectivity index (χ1) is 6.86. The summed E-state index contributed by atoms with van der Waals surface area (Å²) < 4.78 is 0. The SMILES string of the molecule is [N-]=[N+]=N[C@@H](/C=C/c1ccccc1)CN. The van der Waals surface area contributed by atoms with Crippen molar-refractivity contribution < 1.29 is 0 Å². The van der Waals surface area contributed by atoms with E-state index in [0.29, 0.717) is 6.54 Å². The van der Waals surface area contributed by atoms with E-state index in [0.717, 1.165) is 5.56 Å². The molecule has 0 amide bonds. The van der Waals surface area contributed by atoms with Gasteiger partial charge in [0.25, 0.3) is 0 Å². The summed E-state index contributed by atoms with van der Waals surface area (Å²) in [4.78, 5) is 2.71. The molecule has 0 aromatic heterocycles. The Morgan fingerprint density at radius 2 is 2.14 bits per heavy atom. The Bertz CT molecular complexity index is 338. The highest BCUT2D eigenvalue weighted by atomic mass is 15.1. The van der Waals surface area contributed by atoms with E-state index in [1.807, 2.05) is 36.4 Å². The summed E-state index contributed by atoms with van der Waals surface area (Å²) in [6, 6.07) is 9.53. The standard InChI is InChI=1S/C10H12N4/c11-8-10(13-14-12)7-6-9-4-2-1-3-5-9/h1-7,10H,8,11H2/b7-6+/t10-/m0/s1. The highest BCUT2D eigenvalue weighted by molar-refractivity contribution is 5.49. The zero-order chi connectivity index (χ0) is 10.2. The Morgan fingerprint density at radius 1 is 1.43 bits per heavy atom. The monoisotopic (exact) mass is 188 g/mol. The van der Waals surface area contributed by atoms with Crippen molar-refractivity contribution in [2.75, 3.05) is 6.54 Å². The number of nitrogens with two attached hydrogens (primary N) is 1. The smallest absolute Gasteiger partial charge is 0.0680 e. The largest absolute Gasteiger partial charge is 0.330 e. The van der Waals surface area contributed by atoms with E-state index in [1.165, 1.54) is 0 Å². The Morgan fingerprint density at radius 3 is 2.71 bits per heavy atom. The molecule has 0 bridgehead atoms. The first-order valence-electron chi connectivity index (χ1n) is 4.34. The molecule has 0 unspecified atom stereocenters. The van der Waals surface area contributed by atoms with Gasteiger partial charge in [0.15, 0.2) is 0 Å². The van der Waals surface area contributed by atoms with Gasteiger partial charge in [0.1, 0.15) is 0 Å². The average molecular weight is 188 g/mol. The van der Waals surface area contributed by atoms with Crippen LogP contribution in [-0.2, 0) is 0 Å². The predicted molar refractivity (Wildman–Crippen MR) is 57.5 cm³/mol. The van der Waals surface area contributed by atoms with Crippen molar-refractivity contribution in [3.63, 3.8) is 0 Å². The Hall–Kier alpha value is -1.77. The van der Waals surface area contributed by atoms with Gasteiger partial charge in [-0.3, -0.25) is 0 Å². The predicted octanol–water partition coefficient (Wildman–Crippen LogP) is 2.34. The topological polar surface area (TPSA) is 74.8 Å². The second-order valence-electron chi connectivity index (χ2n) is 2.78. The molecule has 4 heteroatoms. The maximum atomic E-state index is 8.23. The molecule has 2 N–H and O–H groups in total. The Balaban J connectivity index is 2.67. The van der Waals surface area contributed by atoms with Gasteiger partial charge in [-0.05, 0) is 11.1 Å². The number of rotatable bonds is 4. The molecule has 0 radical (unpaired) electrons. The van der Waals surface area contributed by atoms with E-state index in [1.54, 1.807) is 6.08 Å². The van der Waals surface area contributed by atoms with E-state index in [2.05, 4.69) is 10.0 Å². The lowest BCUT2D eigenvalue weighted by atomic mass is 10.2. The molecule has 0 spiro atoms. The molecule has 1 aromatic rings. The summed E-state index contributed by atoms with van der Waals surface area (Å²) in [5.41, 5.74) is 14.7. The molecule has 1 atom stereocenters. The van der Waals surface area contributed by atoms with Gasteiger partial charge in [0.05, 0.1) is 6.04 Å². The molecule has 14 heavy (non-hydrogen) atoms. The van der Waals surface area contributed by atoms with Gasteiger partial charge in [0.2, 0.25) is 0 Å². The van der Waals surface area contributed by atoms with Gasteiger partial charge in [-0.2, -0.15) is 0 Å². The Kier molecular flexibility index (Phi) is 4.27. The zero-order valence-corrected chi connectivity index (χ0v) is 7.74. The number of azide groups is 1. The number of benzene rings is 1. The second-order valence-corrected chi connectivity index (χ2v) is 2.78. The van der Waals surface area contributed by atoms with Crippen molar-refractivity contribution in [1.82, 2.24) is 0 Å². The molecule has 0 saturated carbocycles. The average Bonchev–Trinajstić information content (AvgIpc) is 2.25. The summed E-state index contributed by atoms with van der Waals surface area (Å²) in [5, 5.41) is 3.53. The lowest BCUT2D eigenvalue weighted by molar-refractivity contribution is 0.818. The van der Waals surface area contributed by atoms with Crippen LogP contribution in [0.1, 0.15) is 5.56 Å².